The Morgan fingerprint density at radius 2 is 1.85 bits per heavy atom. The van der Waals surface area contributed by atoms with Crippen molar-refractivity contribution in [2.75, 3.05) is 11.4 Å². The van der Waals surface area contributed by atoms with Crippen LogP contribution in [0.3, 0.4) is 0 Å². The quantitative estimate of drug-likeness (QED) is 0.839. The van der Waals surface area contributed by atoms with Gasteiger partial charge in [0, 0.05) is 24.4 Å². The average molecular weight is 271 g/mol. The molecule has 3 heterocycles. The monoisotopic (exact) mass is 271 g/mol. The van der Waals surface area contributed by atoms with Gasteiger partial charge < -0.3 is 9.88 Å². The van der Waals surface area contributed by atoms with E-state index in [0.29, 0.717) is 18.3 Å². The first-order chi connectivity index (χ1) is 9.52. The highest BCUT2D eigenvalue weighted by Gasteiger charge is 2.22. The Kier molecular flexibility index (Phi) is 3.00. The van der Waals surface area contributed by atoms with Gasteiger partial charge in [-0.1, -0.05) is 0 Å². The number of hydrogen-bond acceptors (Lipinski definition) is 5. The highest BCUT2D eigenvalue weighted by Crippen LogP contribution is 2.19. The molecule has 20 heavy (non-hydrogen) atoms. The molecule has 6 nitrogen and oxygen atoms in total. The summed E-state index contributed by atoms with van der Waals surface area (Å²) in [6.07, 6.45) is 0.746. The number of fused-ring (bicyclic) bond motifs is 1. The van der Waals surface area contributed by atoms with Crippen molar-refractivity contribution in [3.63, 3.8) is 0 Å². The zero-order chi connectivity index (χ0) is 14.3. The molecule has 0 fully saturated rings. The maximum Gasteiger partial charge on any atom is 0.256 e. The van der Waals surface area contributed by atoms with Crippen molar-refractivity contribution in [1.82, 2.24) is 19.9 Å². The lowest BCUT2D eigenvalue weighted by atomic mass is 10.1. The molecule has 2 aromatic heterocycles. The number of aromatic nitrogens is 4. The fourth-order valence-electron chi connectivity index (χ4n) is 2.57. The van der Waals surface area contributed by atoms with Crippen molar-refractivity contribution >= 4 is 5.95 Å². The van der Waals surface area contributed by atoms with E-state index in [9.17, 15) is 4.79 Å². The number of anilines is 1. The molecule has 0 aromatic carbocycles. The summed E-state index contributed by atoms with van der Waals surface area (Å²) in [5.74, 6) is 1.36. The summed E-state index contributed by atoms with van der Waals surface area (Å²) in [6, 6.07) is 1.94. The molecule has 1 aliphatic heterocycles. The van der Waals surface area contributed by atoms with Crippen LogP contribution in [0.25, 0.3) is 0 Å². The number of H-pyrrole nitrogens is 1. The Labute approximate surface area is 116 Å². The molecule has 3 rings (SSSR count). The van der Waals surface area contributed by atoms with Crippen LogP contribution in [0.1, 0.15) is 28.5 Å². The van der Waals surface area contributed by atoms with Crippen LogP contribution in [-0.4, -0.2) is 26.5 Å². The van der Waals surface area contributed by atoms with Crippen LogP contribution in [-0.2, 0) is 13.0 Å². The molecule has 0 bridgehead atoms. The maximum atomic E-state index is 12.0. The Balaban J connectivity index is 1.98. The van der Waals surface area contributed by atoms with Crippen molar-refractivity contribution in [3.05, 3.63) is 44.9 Å². The summed E-state index contributed by atoms with van der Waals surface area (Å²) in [7, 11) is 0. The molecule has 1 N–H and O–H groups in total. The van der Waals surface area contributed by atoms with Gasteiger partial charge in [0.25, 0.3) is 5.56 Å². The number of nitrogens with zero attached hydrogens (tertiary/aromatic N) is 4. The predicted molar refractivity (Wildman–Crippen MR) is 75.9 cm³/mol. The Hall–Kier alpha value is -2.24. The van der Waals surface area contributed by atoms with Crippen molar-refractivity contribution < 1.29 is 0 Å². The van der Waals surface area contributed by atoms with Gasteiger partial charge in [-0.25, -0.2) is 15.0 Å². The van der Waals surface area contributed by atoms with Gasteiger partial charge in [0.05, 0.1) is 17.8 Å². The van der Waals surface area contributed by atoms with Gasteiger partial charge in [0.15, 0.2) is 0 Å². The van der Waals surface area contributed by atoms with Crippen molar-refractivity contribution in [2.45, 2.75) is 33.7 Å². The van der Waals surface area contributed by atoms with E-state index in [1.54, 1.807) is 6.92 Å². The van der Waals surface area contributed by atoms with Crippen LogP contribution < -0.4 is 10.5 Å². The zero-order valence-electron chi connectivity index (χ0n) is 11.9. The first kappa shape index (κ1) is 12.8. The molecule has 0 amide bonds. The van der Waals surface area contributed by atoms with E-state index in [0.717, 1.165) is 35.6 Å². The number of rotatable bonds is 1. The molecule has 1 aliphatic rings. The van der Waals surface area contributed by atoms with Gasteiger partial charge in [-0.05, 0) is 26.8 Å². The van der Waals surface area contributed by atoms with Gasteiger partial charge in [-0.2, -0.15) is 0 Å². The second-order valence-electron chi connectivity index (χ2n) is 5.20. The summed E-state index contributed by atoms with van der Waals surface area (Å²) >= 11 is 0. The van der Waals surface area contributed by atoms with E-state index in [2.05, 4.69) is 19.9 Å². The third kappa shape index (κ3) is 2.29. The predicted octanol–water partition coefficient (Wildman–Crippen LogP) is 1.05. The van der Waals surface area contributed by atoms with Crippen molar-refractivity contribution in [1.29, 1.82) is 0 Å². The molecule has 0 saturated carbocycles. The number of aromatic amines is 1. The van der Waals surface area contributed by atoms with Crippen LogP contribution in [0.2, 0.25) is 0 Å². The van der Waals surface area contributed by atoms with Crippen LogP contribution in [0.15, 0.2) is 10.9 Å². The van der Waals surface area contributed by atoms with Crippen LogP contribution in [0.4, 0.5) is 5.95 Å². The molecule has 0 atom stereocenters. The lowest BCUT2D eigenvalue weighted by Gasteiger charge is -2.28. The van der Waals surface area contributed by atoms with Crippen LogP contribution in [0, 0.1) is 20.8 Å². The van der Waals surface area contributed by atoms with E-state index < -0.39 is 0 Å². The first-order valence-electron chi connectivity index (χ1n) is 6.69. The highest BCUT2D eigenvalue weighted by molar-refractivity contribution is 5.37. The van der Waals surface area contributed by atoms with E-state index in [-0.39, 0.29) is 5.56 Å². The average Bonchev–Trinajstić information content (AvgIpc) is 2.37. The number of aryl methyl sites for hydroxylation is 3. The first-order valence-corrected chi connectivity index (χ1v) is 6.69. The van der Waals surface area contributed by atoms with Crippen LogP contribution >= 0.6 is 0 Å². The minimum Gasteiger partial charge on any atom is -0.336 e. The zero-order valence-corrected chi connectivity index (χ0v) is 11.9. The van der Waals surface area contributed by atoms with Crippen molar-refractivity contribution in [3.8, 4) is 0 Å². The molecule has 0 saturated heterocycles. The Morgan fingerprint density at radius 3 is 2.55 bits per heavy atom. The fraction of sp³-hybridized carbons (Fsp3) is 0.429. The molecular weight excluding hydrogens is 254 g/mol. The normalized spacial score (nSPS) is 14.2. The third-order valence-electron chi connectivity index (χ3n) is 3.44. The van der Waals surface area contributed by atoms with E-state index in [1.165, 1.54) is 0 Å². The van der Waals surface area contributed by atoms with Gasteiger partial charge in [-0.15, -0.1) is 0 Å². The summed E-state index contributed by atoms with van der Waals surface area (Å²) in [5, 5.41) is 0. The van der Waals surface area contributed by atoms with E-state index in [4.69, 9.17) is 0 Å². The molecular formula is C14H17N5O. The summed E-state index contributed by atoms with van der Waals surface area (Å²) in [4.78, 5) is 30.2. The summed E-state index contributed by atoms with van der Waals surface area (Å²) < 4.78 is 0. The van der Waals surface area contributed by atoms with Gasteiger partial charge in [0.1, 0.15) is 5.82 Å². The number of hydrogen-bond donors (Lipinski definition) is 1. The minimum absolute atomic E-state index is 0.0541. The Morgan fingerprint density at radius 1 is 1.15 bits per heavy atom. The minimum atomic E-state index is -0.0541. The second kappa shape index (κ2) is 4.70. The summed E-state index contributed by atoms with van der Waals surface area (Å²) in [6.45, 7) is 7.01. The standard InChI is InChI=1S/C14H17N5O/c1-8-6-9(2)16-14(15-8)19-5-4-12-11(7-19)13(20)18-10(3)17-12/h6H,4-5,7H2,1-3H3,(H,17,18,20). The molecule has 6 heteroatoms. The lowest BCUT2D eigenvalue weighted by Crippen LogP contribution is -2.37. The molecule has 0 aliphatic carbocycles. The third-order valence-corrected chi connectivity index (χ3v) is 3.44. The molecule has 104 valence electrons. The molecule has 2 aromatic rings. The smallest absolute Gasteiger partial charge is 0.256 e. The van der Waals surface area contributed by atoms with Crippen LogP contribution in [0.5, 0.6) is 0 Å². The van der Waals surface area contributed by atoms with Gasteiger partial charge in [0.2, 0.25) is 5.95 Å². The Bertz CT molecular complexity index is 702. The van der Waals surface area contributed by atoms with Gasteiger partial charge >= 0.3 is 0 Å². The fourth-order valence-corrected chi connectivity index (χ4v) is 2.57. The topological polar surface area (TPSA) is 74.8 Å². The molecule has 0 unspecified atom stereocenters. The molecule has 0 spiro atoms. The van der Waals surface area contributed by atoms with E-state index in [1.807, 2.05) is 24.8 Å². The number of nitrogens with one attached hydrogen (secondary N) is 1. The maximum absolute atomic E-state index is 12.0. The molecule has 0 radical (unpaired) electrons. The second-order valence-corrected chi connectivity index (χ2v) is 5.20. The van der Waals surface area contributed by atoms with Gasteiger partial charge in [-0.3, -0.25) is 4.79 Å². The highest BCUT2D eigenvalue weighted by atomic mass is 16.1. The van der Waals surface area contributed by atoms with E-state index >= 15 is 0 Å². The largest absolute Gasteiger partial charge is 0.336 e. The van der Waals surface area contributed by atoms with Crippen molar-refractivity contribution in [2.24, 2.45) is 0 Å². The lowest BCUT2D eigenvalue weighted by molar-refractivity contribution is 0.671. The SMILES string of the molecule is Cc1cc(C)nc(N2CCc3nc(C)[nH]c(=O)c3C2)n1. The summed E-state index contributed by atoms with van der Waals surface area (Å²) in [5.41, 5.74) is 3.45.